The molecule has 1 aromatic rings. The highest BCUT2D eigenvalue weighted by Crippen LogP contribution is 2.29. The van der Waals surface area contributed by atoms with Gasteiger partial charge in [0.15, 0.2) is 0 Å². The van der Waals surface area contributed by atoms with Gasteiger partial charge >= 0.3 is 0 Å². The zero-order valence-electron chi connectivity index (χ0n) is 11.2. The van der Waals surface area contributed by atoms with E-state index >= 15 is 0 Å². The Hall–Kier alpha value is -2.15. The number of aliphatic hydroxyl groups is 1. The number of hydrogen-bond donors (Lipinski definition) is 2. The summed E-state index contributed by atoms with van der Waals surface area (Å²) in [4.78, 5) is 24.5. The summed E-state index contributed by atoms with van der Waals surface area (Å²) >= 11 is 0. The van der Waals surface area contributed by atoms with Gasteiger partial charge in [-0.1, -0.05) is 6.07 Å². The highest BCUT2D eigenvalue weighted by molar-refractivity contribution is 6.01. The second kappa shape index (κ2) is 5.87. The van der Waals surface area contributed by atoms with Gasteiger partial charge in [-0.3, -0.25) is 14.9 Å². The maximum atomic E-state index is 12.5. The molecule has 0 spiro atoms. The molecule has 7 heteroatoms. The number of para-hydroxylation sites is 1. The van der Waals surface area contributed by atoms with Crippen LogP contribution in [0.15, 0.2) is 18.2 Å². The fourth-order valence-corrected chi connectivity index (χ4v) is 2.44. The zero-order chi connectivity index (χ0) is 14.7. The number of rotatable bonds is 3. The fourth-order valence-electron chi connectivity index (χ4n) is 2.44. The number of β-amino-alcohol motifs (C(OH)–C–C–N with tert-alkyl or cyclic N) is 1. The van der Waals surface area contributed by atoms with Crippen LogP contribution in [0.1, 0.15) is 23.2 Å². The molecule has 0 aromatic heterocycles. The molecule has 1 heterocycles. The molecule has 1 aliphatic rings. The molecule has 1 aromatic carbocycles. The van der Waals surface area contributed by atoms with Crippen LogP contribution in [0.25, 0.3) is 0 Å². The third-order valence-corrected chi connectivity index (χ3v) is 3.40. The van der Waals surface area contributed by atoms with Crippen molar-refractivity contribution in [1.82, 2.24) is 4.90 Å². The Labute approximate surface area is 116 Å². The highest BCUT2D eigenvalue weighted by atomic mass is 16.6. The lowest BCUT2D eigenvalue weighted by atomic mass is 10.1. The number of aliphatic hydroxyl groups excluding tert-OH is 1. The predicted octanol–water partition coefficient (Wildman–Crippen LogP) is 1.23. The summed E-state index contributed by atoms with van der Waals surface area (Å²) in [5.41, 5.74) is 0.342. The largest absolute Gasteiger partial charge is 0.391 e. The van der Waals surface area contributed by atoms with Crippen molar-refractivity contribution < 1.29 is 14.8 Å². The molecule has 1 aliphatic heterocycles. The number of nitro benzene ring substituents is 1. The summed E-state index contributed by atoms with van der Waals surface area (Å²) < 4.78 is 0. The summed E-state index contributed by atoms with van der Waals surface area (Å²) in [6, 6.07) is 4.41. The molecule has 0 aliphatic carbocycles. The Bertz CT molecular complexity index is 532. The average molecular weight is 279 g/mol. The Kier molecular flexibility index (Phi) is 4.19. The van der Waals surface area contributed by atoms with Gasteiger partial charge in [0.2, 0.25) is 0 Å². The van der Waals surface area contributed by atoms with Gasteiger partial charge in [-0.2, -0.15) is 0 Å². The topological polar surface area (TPSA) is 95.7 Å². The third kappa shape index (κ3) is 2.72. The van der Waals surface area contributed by atoms with Crippen molar-refractivity contribution in [3.63, 3.8) is 0 Å². The van der Waals surface area contributed by atoms with Gasteiger partial charge in [-0.15, -0.1) is 0 Å². The van der Waals surface area contributed by atoms with E-state index in [1.807, 2.05) is 0 Å². The molecular weight excluding hydrogens is 262 g/mol. The van der Waals surface area contributed by atoms with Crippen LogP contribution in [0.3, 0.4) is 0 Å². The Morgan fingerprint density at radius 1 is 1.55 bits per heavy atom. The molecular formula is C13H17N3O4. The van der Waals surface area contributed by atoms with E-state index in [0.29, 0.717) is 13.0 Å². The van der Waals surface area contributed by atoms with Crippen molar-refractivity contribution in [3.8, 4) is 0 Å². The van der Waals surface area contributed by atoms with Gasteiger partial charge < -0.3 is 15.3 Å². The number of hydrogen-bond acceptors (Lipinski definition) is 5. The van der Waals surface area contributed by atoms with Crippen LogP contribution in [-0.4, -0.2) is 47.1 Å². The monoisotopic (exact) mass is 279 g/mol. The van der Waals surface area contributed by atoms with Crippen molar-refractivity contribution >= 4 is 17.3 Å². The number of nitrogens with one attached hydrogen (secondary N) is 1. The SMILES string of the molecule is CNc1c(C(=O)N2CCCC(O)C2)cccc1[N+](=O)[O-]. The van der Waals surface area contributed by atoms with Crippen LogP contribution in [0.4, 0.5) is 11.4 Å². The van der Waals surface area contributed by atoms with E-state index in [2.05, 4.69) is 5.32 Å². The molecule has 1 amide bonds. The molecule has 2 N–H and O–H groups in total. The molecule has 7 nitrogen and oxygen atoms in total. The van der Waals surface area contributed by atoms with E-state index in [1.165, 1.54) is 17.0 Å². The van der Waals surface area contributed by atoms with E-state index in [1.54, 1.807) is 13.1 Å². The molecule has 1 unspecified atom stereocenters. The van der Waals surface area contributed by atoms with E-state index < -0.39 is 11.0 Å². The first-order chi connectivity index (χ1) is 9.54. The maximum absolute atomic E-state index is 12.5. The standard InChI is InChI=1S/C13H17N3O4/c1-14-12-10(5-2-6-11(12)16(19)20)13(18)15-7-3-4-9(17)8-15/h2,5-6,9,14,17H,3-4,7-8H2,1H3. The predicted molar refractivity (Wildman–Crippen MR) is 73.8 cm³/mol. The number of carbonyl (C=O) groups excluding carboxylic acids is 1. The number of benzene rings is 1. The minimum absolute atomic E-state index is 0.129. The second-order valence-corrected chi connectivity index (χ2v) is 4.75. The van der Waals surface area contributed by atoms with Gasteiger partial charge in [-0.05, 0) is 18.9 Å². The van der Waals surface area contributed by atoms with Gasteiger partial charge in [-0.25, -0.2) is 0 Å². The third-order valence-electron chi connectivity index (χ3n) is 3.40. The molecule has 1 saturated heterocycles. The lowest BCUT2D eigenvalue weighted by molar-refractivity contribution is -0.384. The van der Waals surface area contributed by atoms with Crippen molar-refractivity contribution in [2.75, 3.05) is 25.5 Å². The summed E-state index contributed by atoms with van der Waals surface area (Å²) in [5.74, 6) is -0.295. The van der Waals surface area contributed by atoms with Crippen LogP contribution < -0.4 is 5.32 Å². The van der Waals surface area contributed by atoms with Crippen molar-refractivity contribution in [2.24, 2.45) is 0 Å². The molecule has 2 rings (SSSR count). The lowest BCUT2D eigenvalue weighted by Gasteiger charge is -2.30. The fraction of sp³-hybridized carbons (Fsp3) is 0.462. The maximum Gasteiger partial charge on any atom is 0.293 e. The van der Waals surface area contributed by atoms with Crippen molar-refractivity contribution in [2.45, 2.75) is 18.9 Å². The second-order valence-electron chi connectivity index (χ2n) is 4.75. The van der Waals surface area contributed by atoms with E-state index in [4.69, 9.17) is 0 Å². The van der Waals surface area contributed by atoms with E-state index in [-0.39, 0.29) is 29.4 Å². The van der Waals surface area contributed by atoms with Crippen LogP contribution in [0.5, 0.6) is 0 Å². The van der Waals surface area contributed by atoms with Gasteiger partial charge in [0, 0.05) is 26.2 Å². The molecule has 0 bridgehead atoms. The summed E-state index contributed by atoms with van der Waals surface area (Å²) in [6.07, 6.45) is 0.887. The van der Waals surface area contributed by atoms with Crippen LogP contribution >= 0.6 is 0 Å². The van der Waals surface area contributed by atoms with Gasteiger partial charge in [0.1, 0.15) is 5.69 Å². The Morgan fingerprint density at radius 2 is 2.30 bits per heavy atom. The van der Waals surface area contributed by atoms with E-state index in [9.17, 15) is 20.0 Å². The first kappa shape index (κ1) is 14.3. The molecule has 20 heavy (non-hydrogen) atoms. The van der Waals surface area contributed by atoms with Crippen LogP contribution in [0, 0.1) is 10.1 Å². The van der Waals surface area contributed by atoms with Crippen molar-refractivity contribution in [3.05, 3.63) is 33.9 Å². The van der Waals surface area contributed by atoms with Gasteiger partial charge in [0.25, 0.3) is 11.6 Å². The van der Waals surface area contributed by atoms with Crippen LogP contribution in [0.2, 0.25) is 0 Å². The molecule has 108 valence electrons. The molecule has 0 saturated carbocycles. The lowest BCUT2D eigenvalue weighted by Crippen LogP contribution is -2.42. The number of nitrogens with zero attached hydrogens (tertiary/aromatic N) is 2. The number of nitro groups is 1. The van der Waals surface area contributed by atoms with Crippen LogP contribution in [-0.2, 0) is 0 Å². The molecule has 1 atom stereocenters. The minimum Gasteiger partial charge on any atom is -0.391 e. The van der Waals surface area contributed by atoms with E-state index in [0.717, 1.165) is 6.42 Å². The van der Waals surface area contributed by atoms with Crippen molar-refractivity contribution in [1.29, 1.82) is 0 Å². The minimum atomic E-state index is -0.524. The summed E-state index contributed by atoms with van der Waals surface area (Å²) in [6.45, 7) is 0.826. The first-order valence-corrected chi connectivity index (χ1v) is 6.47. The zero-order valence-corrected chi connectivity index (χ0v) is 11.2. The number of piperidine rings is 1. The molecule has 1 fully saturated rings. The number of carbonyl (C=O) groups is 1. The summed E-state index contributed by atoms with van der Waals surface area (Å²) in [7, 11) is 1.55. The van der Waals surface area contributed by atoms with Gasteiger partial charge in [0.05, 0.1) is 16.6 Å². The molecule has 0 radical (unpaired) electrons. The highest BCUT2D eigenvalue weighted by Gasteiger charge is 2.27. The first-order valence-electron chi connectivity index (χ1n) is 6.47. The average Bonchev–Trinajstić information content (AvgIpc) is 2.45. The summed E-state index contributed by atoms with van der Waals surface area (Å²) in [5, 5.41) is 23.3. The number of likely N-dealkylation sites (tertiary alicyclic amines) is 1. The normalized spacial score (nSPS) is 18.7. The smallest absolute Gasteiger partial charge is 0.293 e. The quantitative estimate of drug-likeness (QED) is 0.641. The Morgan fingerprint density at radius 3 is 2.90 bits per heavy atom. The number of anilines is 1. The number of amides is 1. The Balaban J connectivity index is 2.34.